The molecule has 2 N–H and O–H groups in total. The van der Waals surface area contributed by atoms with Crippen molar-refractivity contribution in [3.05, 3.63) is 54.5 Å². The first kappa shape index (κ1) is 19.8. The summed E-state index contributed by atoms with van der Waals surface area (Å²) >= 11 is 0. The van der Waals surface area contributed by atoms with Gasteiger partial charge in [-0.1, -0.05) is 0 Å². The first-order valence-electron chi connectivity index (χ1n) is 9.08. The number of amides is 2. The molecule has 0 bridgehead atoms. The number of aromatic nitrogens is 2. The summed E-state index contributed by atoms with van der Waals surface area (Å²) in [4.78, 5) is 38.3. The Balaban J connectivity index is 1.73. The molecule has 0 saturated carbocycles. The van der Waals surface area contributed by atoms with Crippen LogP contribution in [0.5, 0.6) is 0 Å². The van der Waals surface area contributed by atoms with Crippen LogP contribution < -0.4 is 15.5 Å². The van der Waals surface area contributed by atoms with Crippen LogP contribution in [0.3, 0.4) is 0 Å². The van der Waals surface area contributed by atoms with Gasteiger partial charge in [-0.3, -0.25) is 9.59 Å². The number of hydrogen-bond acceptors (Lipinski definition) is 8. The van der Waals surface area contributed by atoms with E-state index in [2.05, 4.69) is 9.97 Å². The largest absolute Gasteiger partial charge is 0.399 e. The Morgan fingerprint density at radius 1 is 1.14 bits per heavy atom. The number of benzene rings is 1. The van der Waals surface area contributed by atoms with Crippen molar-refractivity contribution in [3.8, 4) is 6.07 Å². The summed E-state index contributed by atoms with van der Waals surface area (Å²) < 4.78 is 0. The Hall–Kier alpha value is -3.93. The first-order valence-corrected chi connectivity index (χ1v) is 9.08. The maximum atomic E-state index is 12.9. The molecule has 0 radical (unpaired) electrons. The summed E-state index contributed by atoms with van der Waals surface area (Å²) in [5, 5.41) is 9.52. The molecule has 2 aromatic rings. The van der Waals surface area contributed by atoms with Crippen LogP contribution in [0.4, 0.5) is 17.3 Å². The highest BCUT2D eigenvalue weighted by Crippen LogP contribution is 2.19. The molecule has 1 aromatic carbocycles. The molecule has 3 rings (SSSR count). The number of anilines is 3. The van der Waals surface area contributed by atoms with E-state index in [9.17, 15) is 14.9 Å². The minimum Gasteiger partial charge on any atom is -0.399 e. The van der Waals surface area contributed by atoms with E-state index in [1.54, 1.807) is 42.7 Å². The van der Waals surface area contributed by atoms with Gasteiger partial charge in [-0.2, -0.15) is 5.26 Å². The SMILES string of the molecule is CC(=O)N(C(=O)/C(C#N)=C\N1CCN(c2ncccn2)CC1)c1ccc(N)cc1. The predicted octanol–water partition coefficient (Wildman–Crippen LogP) is 1.17. The third-order valence-electron chi connectivity index (χ3n) is 4.48. The second-order valence-electron chi connectivity index (χ2n) is 6.48. The highest BCUT2D eigenvalue weighted by atomic mass is 16.2. The number of rotatable bonds is 4. The maximum absolute atomic E-state index is 12.9. The van der Waals surface area contributed by atoms with Gasteiger partial charge in [0.1, 0.15) is 11.6 Å². The van der Waals surface area contributed by atoms with E-state index in [0.29, 0.717) is 43.5 Å². The standard InChI is InChI=1S/C20H21N7O2/c1-15(28)27(18-5-3-17(22)4-6-18)19(29)16(13-21)14-25-9-11-26(12-10-25)20-23-7-2-8-24-20/h2-8,14H,9-12,22H2,1H3/b16-14-. The Morgan fingerprint density at radius 3 is 2.31 bits per heavy atom. The number of carbonyl (C=O) groups is 2. The van der Waals surface area contributed by atoms with Crippen LogP contribution in [0, 0.1) is 11.3 Å². The molecule has 1 saturated heterocycles. The van der Waals surface area contributed by atoms with Crippen LogP contribution in [-0.2, 0) is 9.59 Å². The number of hydrogen-bond donors (Lipinski definition) is 1. The molecule has 1 aliphatic rings. The highest BCUT2D eigenvalue weighted by Gasteiger charge is 2.25. The zero-order valence-corrected chi connectivity index (χ0v) is 16.0. The molecule has 9 heteroatoms. The van der Waals surface area contributed by atoms with E-state index < -0.39 is 11.8 Å². The molecule has 0 unspecified atom stereocenters. The lowest BCUT2D eigenvalue weighted by Crippen LogP contribution is -2.45. The van der Waals surface area contributed by atoms with Crippen molar-refractivity contribution in [1.29, 1.82) is 5.26 Å². The molecular weight excluding hydrogens is 370 g/mol. The fourth-order valence-corrected chi connectivity index (χ4v) is 3.01. The van der Waals surface area contributed by atoms with Crippen LogP contribution in [0.1, 0.15) is 6.92 Å². The summed E-state index contributed by atoms with van der Waals surface area (Å²) in [6.45, 7) is 3.78. The minimum atomic E-state index is -0.668. The van der Waals surface area contributed by atoms with Crippen molar-refractivity contribution in [3.63, 3.8) is 0 Å². The zero-order chi connectivity index (χ0) is 20.8. The van der Waals surface area contributed by atoms with Gasteiger partial charge >= 0.3 is 0 Å². The van der Waals surface area contributed by atoms with Gasteiger partial charge in [0.2, 0.25) is 11.9 Å². The molecule has 2 heterocycles. The Bertz CT molecular complexity index is 943. The average Bonchev–Trinajstić information content (AvgIpc) is 2.74. The summed E-state index contributed by atoms with van der Waals surface area (Å²) in [5.74, 6) is -0.496. The lowest BCUT2D eigenvalue weighted by atomic mass is 10.2. The molecule has 0 spiro atoms. The van der Waals surface area contributed by atoms with E-state index >= 15 is 0 Å². The van der Waals surface area contributed by atoms with Crippen LogP contribution in [0.2, 0.25) is 0 Å². The molecule has 0 aliphatic carbocycles. The van der Waals surface area contributed by atoms with Crippen LogP contribution >= 0.6 is 0 Å². The molecule has 29 heavy (non-hydrogen) atoms. The number of nitriles is 1. The van der Waals surface area contributed by atoms with Crippen molar-refractivity contribution in [2.24, 2.45) is 0 Å². The third kappa shape index (κ3) is 4.68. The van der Waals surface area contributed by atoms with Crippen molar-refractivity contribution in [1.82, 2.24) is 14.9 Å². The van der Waals surface area contributed by atoms with Gasteiger partial charge in [0, 0.05) is 57.4 Å². The summed E-state index contributed by atoms with van der Waals surface area (Å²) in [6, 6.07) is 10.0. The number of imide groups is 1. The molecule has 1 aliphatic heterocycles. The topological polar surface area (TPSA) is 119 Å². The molecule has 9 nitrogen and oxygen atoms in total. The van der Waals surface area contributed by atoms with Gasteiger partial charge in [0.15, 0.2) is 0 Å². The van der Waals surface area contributed by atoms with E-state index in [0.717, 1.165) is 4.90 Å². The normalized spacial score (nSPS) is 14.3. The average molecular weight is 391 g/mol. The summed E-state index contributed by atoms with van der Waals surface area (Å²) in [6.07, 6.45) is 4.89. The number of carbonyl (C=O) groups excluding carboxylic acids is 2. The van der Waals surface area contributed by atoms with Crippen LogP contribution in [-0.4, -0.2) is 52.9 Å². The van der Waals surface area contributed by atoms with Crippen molar-refractivity contribution < 1.29 is 9.59 Å². The van der Waals surface area contributed by atoms with Gasteiger partial charge in [0.25, 0.3) is 5.91 Å². The minimum absolute atomic E-state index is 0.110. The monoisotopic (exact) mass is 391 g/mol. The Labute approximate surface area is 168 Å². The smallest absolute Gasteiger partial charge is 0.277 e. The molecule has 148 valence electrons. The summed E-state index contributed by atoms with van der Waals surface area (Å²) in [5.41, 5.74) is 6.44. The van der Waals surface area contributed by atoms with E-state index in [1.807, 2.05) is 15.9 Å². The van der Waals surface area contributed by atoms with E-state index in [-0.39, 0.29) is 5.57 Å². The van der Waals surface area contributed by atoms with Gasteiger partial charge in [0.05, 0.1) is 5.69 Å². The second-order valence-corrected chi connectivity index (χ2v) is 6.48. The van der Waals surface area contributed by atoms with Gasteiger partial charge in [-0.25, -0.2) is 14.9 Å². The van der Waals surface area contributed by atoms with Crippen molar-refractivity contribution in [2.75, 3.05) is 41.7 Å². The van der Waals surface area contributed by atoms with Gasteiger partial charge in [-0.05, 0) is 30.3 Å². The molecule has 0 atom stereocenters. The highest BCUT2D eigenvalue weighted by molar-refractivity contribution is 6.21. The Kier molecular flexibility index (Phi) is 6.04. The van der Waals surface area contributed by atoms with E-state index in [1.165, 1.54) is 13.1 Å². The summed E-state index contributed by atoms with van der Waals surface area (Å²) in [7, 11) is 0. The van der Waals surface area contributed by atoms with Crippen LogP contribution in [0.25, 0.3) is 0 Å². The number of nitrogens with zero attached hydrogens (tertiary/aromatic N) is 6. The lowest BCUT2D eigenvalue weighted by Gasteiger charge is -2.34. The van der Waals surface area contributed by atoms with Gasteiger partial charge in [-0.15, -0.1) is 0 Å². The molecule has 1 fully saturated rings. The maximum Gasteiger partial charge on any atom is 0.277 e. The van der Waals surface area contributed by atoms with Crippen LogP contribution in [0.15, 0.2) is 54.5 Å². The third-order valence-corrected chi connectivity index (χ3v) is 4.48. The number of piperazine rings is 1. The predicted molar refractivity (Wildman–Crippen MR) is 109 cm³/mol. The molecule has 1 aromatic heterocycles. The Morgan fingerprint density at radius 2 is 1.76 bits per heavy atom. The van der Waals surface area contributed by atoms with Crippen molar-refractivity contribution in [2.45, 2.75) is 6.92 Å². The molecular formula is C20H21N7O2. The zero-order valence-electron chi connectivity index (χ0n) is 16.0. The van der Waals surface area contributed by atoms with Gasteiger partial charge < -0.3 is 15.5 Å². The molecule has 2 amide bonds. The fourth-order valence-electron chi connectivity index (χ4n) is 3.01. The van der Waals surface area contributed by atoms with E-state index in [4.69, 9.17) is 5.73 Å². The second kappa shape index (κ2) is 8.84. The number of nitrogen functional groups attached to an aromatic ring is 1. The lowest BCUT2D eigenvalue weighted by molar-refractivity contribution is -0.123. The number of nitrogens with two attached hydrogens (primary N) is 1. The van der Waals surface area contributed by atoms with Crippen molar-refractivity contribution >= 4 is 29.1 Å². The first-order chi connectivity index (χ1) is 14.0. The fraction of sp³-hybridized carbons (Fsp3) is 0.250. The quantitative estimate of drug-likeness (QED) is 0.468.